The molecule has 0 saturated carbocycles. The number of likely N-dealkylation sites (N-methyl/N-ethyl adjacent to an activating group) is 1. The van der Waals surface area contributed by atoms with Crippen LogP contribution in [-0.2, 0) is 0 Å². The third-order valence-electron chi connectivity index (χ3n) is 6.15. The molecular weight excluding hydrogens is 336 g/mol. The first-order valence-electron chi connectivity index (χ1n) is 10.1. The van der Waals surface area contributed by atoms with E-state index in [1.807, 2.05) is 49.3 Å². The van der Waals surface area contributed by atoms with Gasteiger partial charge in [-0.1, -0.05) is 6.08 Å². The zero-order valence-corrected chi connectivity index (χ0v) is 17.0. The lowest BCUT2D eigenvalue weighted by Gasteiger charge is -2.50. The highest BCUT2D eigenvalue weighted by Crippen LogP contribution is 2.36. The molecule has 3 heterocycles. The molecule has 27 heavy (non-hydrogen) atoms. The average molecular weight is 371 g/mol. The van der Waals surface area contributed by atoms with Crippen LogP contribution in [0.3, 0.4) is 0 Å². The van der Waals surface area contributed by atoms with Gasteiger partial charge in [-0.15, -0.1) is 6.58 Å². The van der Waals surface area contributed by atoms with Crippen LogP contribution in [0.4, 0.5) is 5.69 Å². The van der Waals surface area contributed by atoms with Crippen molar-refractivity contribution in [2.24, 2.45) is 11.8 Å². The minimum absolute atomic E-state index is 0.0326. The molecule has 0 aliphatic carbocycles. The number of nitrogens with one attached hydrogen (secondary N) is 1. The zero-order chi connectivity index (χ0) is 19.4. The first kappa shape index (κ1) is 19.9. The Hall–Kier alpha value is -1.85. The number of amides is 1. The fourth-order valence-electron chi connectivity index (χ4n) is 4.59. The number of anilines is 1. The minimum Gasteiger partial charge on any atom is -0.378 e. The molecule has 1 aromatic carbocycles. The summed E-state index contributed by atoms with van der Waals surface area (Å²) in [6.45, 7) is 9.01. The van der Waals surface area contributed by atoms with Crippen molar-refractivity contribution in [3.05, 3.63) is 42.5 Å². The van der Waals surface area contributed by atoms with Gasteiger partial charge >= 0.3 is 0 Å². The van der Waals surface area contributed by atoms with E-state index >= 15 is 0 Å². The molecule has 4 unspecified atom stereocenters. The van der Waals surface area contributed by atoms with E-state index in [-0.39, 0.29) is 5.91 Å². The predicted molar refractivity (Wildman–Crippen MR) is 112 cm³/mol. The molecule has 0 aromatic heterocycles. The van der Waals surface area contributed by atoms with E-state index in [1.54, 1.807) is 0 Å². The van der Waals surface area contributed by atoms with Crippen molar-refractivity contribution in [2.45, 2.75) is 18.9 Å². The van der Waals surface area contributed by atoms with Crippen LogP contribution < -0.4 is 10.2 Å². The summed E-state index contributed by atoms with van der Waals surface area (Å²) in [5.41, 5.74) is 1.84. The van der Waals surface area contributed by atoms with Crippen LogP contribution in [0, 0.1) is 11.8 Å². The van der Waals surface area contributed by atoms with Gasteiger partial charge < -0.3 is 15.1 Å². The Balaban J connectivity index is 1.49. The van der Waals surface area contributed by atoms with Crippen LogP contribution >= 0.6 is 0 Å². The number of hydrogen-bond donors (Lipinski definition) is 1. The Labute approximate surface area is 164 Å². The number of benzene rings is 1. The van der Waals surface area contributed by atoms with Crippen molar-refractivity contribution in [3.63, 3.8) is 0 Å². The van der Waals surface area contributed by atoms with Gasteiger partial charge in [-0.05, 0) is 62.5 Å². The maximum Gasteiger partial charge on any atom is 0.251 e. The lowest BCUT2D eigenvalue weighted by molar-refractivity contribution is -0.00778. The Bertz CT molecular complexity index is 642. The molecule has 1 aromatic rings. The number of carbonyl (C=O) groups is 1. The highest BCUT2D eigenvalue weighted by molar-refractivity contribution is 5.94. The molecular formula is C22H34N4O. The maximum absolute atomic E-state index is 12.5. The molecule has 5 nitrogen and oxygen atoms in total. The number of carbonyl (C=O) groups excluding carboxylic acids is 1. The van der Waals surface area contributed by atoms with Crippen LogP contribution in [-0.4, -0.2) is 75.6 Å². The van der Waals surface area contributed by atoms with Gasteiger partial charge in [-0.2, -0.15) is 0 Å². The molecule has 3 fully saturated rings. The quantitative estimate of drug-likeness (QED) is 0.713. The highest BCUT2D eigenvalue weighted by Gasteiger charge is 2.40. The second kappa shape index (κ2) is 8.89. The average Bonchev–Trinajstić information content (AvgIpc) is 2.67. The summed E-state index contributed by atoms with van der Waals surface area (Å²) in [6, 6.07) is 8.28. The van der Waals surface area contributed by atoms with Crippen molar-refractivity contribution in [1.29, 1.82) is 0 Å². The molecule has 3 aliphatic heterocycles. The third-order valence-corrected chi connectivity index (χ3v) is 6.15. The summed E-state index contributed by atoms with van der Waals surface area (Å²) in [5, 5.41) is 3.16. The summed E-state index contributed by atoms with van der Waals surface area (Å²) in [7, 11) is 6.19. The monoisotopic (exact) mass is 370 g/mol. The summed E-state index contributed by atoms with van der Waals surface area (Å²) < 4.78 is 0. The van der Waals surface area contributed by atoms with Gasteiger partial charge in [-0.25, -0.2) is 0 Å². The topological polar surface area (TPSA) is 38.8 Å². The van der Waals surface area contributed by atoms with Crippen LogP contribution in [0.2, 0.25) is 0 Å². The number of hydrogen-bond acceptors (Lipinski definition) is 4. The SMILES string of the molecule is C=CCN(C)CC1CN2CCC1CC2CNC(=O)c1ccc(N(C)C)cc1. The first-order chi connectivity index (χ1) is 13.0. The number of nitrogens with zero attached hydrogens (tertiary/aromatic N) is 3. The molecule has 0 spiro atoms. The lowest BCUT2D eigenvalue weighted by atomic mass is 9.75. The van der Waals surface area contributed by atoms with E-state index in [2.05, 4.69) is 28.7 Å². The van der Waals surface area contributed by atoms with E-state index in [4.69, 9.17) is 0 Å². The molecule has 3 saturated heterocycles. The van der Waals surface area contributed by atoms with Gasteiger partial charge in [0.1, 0.15) is 0 Å². The number of rotatable bonds is 8. The second-order valence-corrected chi connectivity index (χ2v) is 8.35. The Morgan fingerprint density at radius 3 is 2.63 bits per heavy atom. The van der Waals surface area contributed by atoms with Crippen LogP contribution in [0.25, 0.3) is 0 Å². The van der Waals surface area contributed by atoms with Crippen molar-refractivity contribution < 1.29 is 4.79 Å². The molecule has 1 N–H and O–H groups in total. The van der Waals surface area contributed by atoms with Crippen LogP contribution in [0.1, 0.15) is 23.2 Å². The fourth-order valence-corrected chi connectivity index (χ4v) is 4.59. The molecule has 2 bridgehead atoms. The van der Waals surface area contributed by atoms with E-state index in [0.29, 0.717) is 6.04 Å². The van der Waals surface area contributed by atoms with Crippen LogP contribution in [0.15, 0.2) is 36.9 Å². The van der Waals surface area contributed by atoms with Gasteiger partial charge in [0.2, 0.25) is 0 Å². The van der Waals surface area contributed by atoms with Crippen molar-refractivity contribution in [1.82, 2.24) is 15.1 Å². The Kier molecular flexibility index (Phi) is 6.55. The van der Waals surface area contributed by atoms with Gasteiger partial charge in [0.15, 0.2) is 0 Å². The zero-order valence-electron chi connectivity index (χ0n) is 17.0. The van der Waals surface area contributed by atoms with E-state index < -0.39 is 0 Å². The second-order valence-electron chi connectivity index (χ2n) is 8.35. The van der Waals surface area contributed by atoms with Gasteiger partial charge in [0, 0.05) is 57.6 Å². The largest absolute Gasteiger partial charge is 0.378 e. The predicted octanol–water partition coefficient (Wildman–Crippen LogP) is 2.31. The molecule has 1 amide bonds. The van der Waals surface area contributed by atoms with Crippen molar-refractivity contribution in [3.8, 4) is 0 Å². The first-order valence-corrected chi connectivity index (χ1v) is 10.1. The molecule has 148 valence electrons. The van der Waals surface area contributed by atoms with Crippen molar-refractivity contribution >= 4 is 11.6 Å². The molecule has 4 atom stereocenters. The molecule has 4 rings (SSSR count). The van der Waals surface area contributed by atoms with Crippen LogP contribution in [0.5, 0.6) is 0 Å². The Morgan fingerprint density at radius 1 is 1.30 bits per heavy atom. The summed E-state index contributed by atoms with van der Waals surface area (Å²) >= 11 is 0. The highest BCUT2D eigenvalue weighted by atomic mass is 16.1. The van der Waals surface area contributed by atoms with E-state index in [0.717, 1.165) is 49.3 Å². The number of piperidine rings is 3. The standard InChI is InChI=1S/C22H34N4O/c1-5-11-25(4)15-19-16-26-12-10-18(19)13-21(26)14-23-22(27)17-6-8-20(9-7-17)24(2)3/h5-9,18-19,21H,1,10-16H2,2-4H3,(H,23,27). The normalized spacial score (nSPS) is 26.8. The van der Waals surface area contributed by atoms with E-state index in [9.17, 15) is 4.79 Å². The minimum atomic E-state index is 0.0326. The third kappa shape index (κ3) is 4.90. The number of fused-ring (bicyclic) bond motifs is 3. The summed E-state index contributed by atoms with van der Waals surface area (Å²) in [5.74, 6) is 1.56. The van der Waals surface area contributed by atoms with Crippen molar-refractivity contribution in [2.75, 3.05) is 58.8 Å². The van der Waals surface area contributed by atoms with Gasteiger partial charge in [0.25, 0.3) is 5.91 Å². The smallest absolute Gasteiger partial charge is 0.251 e. The molecule has 0 radical (unpaired) electrons. The molecule has 3 aliphatic rings. The lowest BCUT2D eigenvalue weighted by Crippen LogP contribution is -2.58. The summed E-state index contributed by atoms with van der Waals surface area (Å²) in [6.07, 6.45) is 4.47. The summed E-state index contributed by atoms with van der Waals surface area (Å²) in [4.78, 5) is 19.5. The van der Waals surface area contributed by atoms with E-state index in [1.165, 1.54) is 19.4 Å². The maximum atomic E-state index is 12.5. The molecule has 5 heteroatoms. The Morgan fingerprint density at radius 2 is 2.04 bits per heavy atom. The fraction of sp³-hybridized carbons (Fsp3) is 0.591. The van der Waals surface area contributed by atoms with Gasteiger partial charge in [0.05, 0.1) is 0 Å². The van der Waals surface area contributed by atoms with Gasteiger partial charge in [-0.3, -0.25) is 9.69 Å².